The van der Waals surface area contributed by atoms with Crippen LogP contribution in [-0.2, 0) is 16.0 Å². The van der Waals surface area contributed by atoms with Gasteiger partial charge in [-0.15, -0.1) is 0 Å². The van der Waals surface area contributed by atoms with Crippen molar-refractivity contribution < 1.29 is 9.59 Å². The average Bonchev–Trinajstić information content (AvgIpc) is 2.54. The zero-order chi connectivity index (χ0) is 15.5. The van der Waals surface area contributed by atoms with Crippen molar-refractivity contribution in [3.05, 3.63) is 59.9 Å². The second kappa shape index (κ2) is 6.07. The lowest BCUT2D eigenvalue weighted by Crippen LogP contribution is -2.51. The number of nitrogens with zero attached hydrogens (tertiary/aromatic N) is 2. The highest BCUT2D eigenvalue weighted by Crippen LogP contribution is 2.22. The largest absolute Gasteiger partial charge is 0.320 e. The van der Waals surface area contributed by atoms with E-state index in [9.17, 15) is 9.59 Å². The lowest BCUT2D eigenvalue weighted by Gasteiger charge is -2.28. The number of nitrogens with two attached hydrogens (primary N) is 1. The van der Waals surface area contributed by atoms with E-state index in [2.05, 4.69) is 4.98 Å². The van der Waals surface area contributed by atoms with E-state index in [0.29, 0.717) is 18.5 Å². The molecule has 2 amide bonds. The number of amides is 2. The van der Waals surface area contributed by atoms with Gasteiger partial charge in [-0.1, -0.05) is 12.1 Å². The van der Waals surface area contributed by atoms with Gasteiger partial charge >= 0.3 is 0 Å². The molecule has 0 radical (unpaired) electrons. The van der Waals surface area contributed by atoms with E-state index < -0.39 is 6.04 Å². The molecule has 1 saturated heterocycles. The number of hydrogen-bond donors (Lipinski definition) is 1. The topological polar surface area (TPSA) is 76.3 Å². The number of aromatic nitrogens is 1. The summed E-state index contributed by atoms with van der Waals surface area (Å²) in [5.74, 6) is -0.508. The number of carbonyl (C=O) groups is 2. The van der Waals surface area contributed by atoms with Crippen LogP contribution in [0.2, 0.25) is 0 Å². The fraction of sp³-hybridized carbons (Fsp3) is 0.235. The number of imide groups is 1. The second-order valence-electron chi connectivity index (χ2n) is 5.41. The number of piperidine rings is 1. The molecule has 5 heteroatoms. The van der Waals surface area contributed by atoms with Gasteiger partial charge in [0.25, 0.3) is 5.91 Å². The van der Waals surface area contributed by atoms with Crippen LogP contribution in [0.1, 0.15) is 24.0 Å². The molecule has 1 aliphatic heterocycles. The third kappa shape index (κ3) is 2.89. The highest BCUT2D eigenvalue weighted by molar-refractivity contribution is 6.18. The smallest absolute Gasteiger partial charge is 0.250 e. The Morgan fingerprint density at radius 1 is 1.05 bits per heavy atom. The molecule has 3 rings (SSSR count). The fourth-order valence-electron chi connectivity index (χ4n) is 2.57. The van der Waals surface area contributed by atoms with Gasteiger partial charge in [-0.2, -0.15) is 0 Å². The number of pyridine rings is 1. The molecule has 22 heavy (non-hydrogen) atoms. The normalized spacial score (nSPS) is 18.6. The summed E-state index contributed by atoms with van der Waals surface area (Å²) in [5.41, 5.74) is 8.61. The first-order valence-corrected chi connectivity index (χ1v) is 7.25. The molecule has 1 aliphatic rings. The van der Waals surface area contributed by atoms with E-state index in [1.807, 2.05) is 24.3 Å². The number of carbonyl (C=O) groups excluding carboxylic acids is 2. The molecule has 2 N–H and O–H groups in total. The SMILES string of the molecule is N[C@H]1CCC(=O)N(c2ccc(Cc3ccncc3)cc2)C1=O. The predicted octanol–water partition coefficient (Wildman–Crippen LogP) is 1.65. The molecule has 1 aromatic heterocycles. The Balaban J connectivity index is 1.79. The van der Waals surface area contributed by atoms with Crippen LogP contribution >= 0.6 is 0 Å². The zero-order valence-electron chi connectivity index (χ0n) is 12.1. The Hall–Kier alpha value is -2.53. The van der Waals surface area contributed by atoms with Gasteiger partial charge in [-0.3, -0.25) is 14.6 Å². The van der Waals surface area contributed by atoms with Crippen LogP contribution in [0.4, 0.5) is 5.69 Å². The third-order valence-corrected chi connectivity index (χ3v) is 3.81. The van der Waals surface area contributed by atoms with E-state index in [0.717, 1.165) is 17.5 Å². The van der Waals surface area contributed by atoms with Crippen molar-refractivity contribution in [2.45, 2.75) is 25.3 Å². The van der Waals surface area contributed by atoms with Gasteiger partial charge in [0, 0.05) is 18.8 Å². The minimum absolute atomic E-state index is 0.186. The Labute approximate surface area is 128 Å². The zero-order valence-corrected chi connectivity index (χ0v) is 12.1. The minimum Gasteiger partial charge on any atom is -0.320 e. The summed E-state index contributed by atoms with van der Waals surface area (Å²) in [6.45, 7) is 0. The third-order valence-electron chi connectivity index (χ3n) is 3.81. The van der Waals surface area contributed by atoms with E-state index in [1.165, 1.54) is 4.90 Å². The number of benzene rings is 1. The first-order chi connectivity index (χ1) is 10.6. The molecular weight excluding hydrogens is 278 g/mol. The van der Waals surface area contributed by atoms with Crippen LogP contribution < -0.4 is 10.6 Å². The van der Waals surface area contributed by atoms with Crippen molar-refractivity contribution in [1.29, 1.82) is 0 Å². The van der Waals surface area contributed by atoms with Crippen LogP contribution in [0, 0.1) is 0 Å². The highest BCUT2D eigenvalue weighted by atomic mass is 16.2. The summed E-state index contributed by atoms with van der Waals surface area (Å²) in [5, 5.41) is 0. The van der Waals surface area contributed by atoms with Crippen molar-refractivity contribution in [2.75, 3.05) is 4.90 Å². The molecule has 1 aromatic carbocycles. The minimum atomic E-state index is -0.589. The van der Waals surface area contributed by atoms with E-state index in [4.69, 9.17) is 5.73 Å². The summed E-state index contributed by atoms with van der Waals surface area (Å²) in [6, 6.07) is 10.8. The molecule has 0 aliphatic carbocycles. The van der Waals surface area contributed by atoms with E-state index in [1.54, 1.807) is 24.5 Å². The Kier molecular flexibility index (Phi) is 3.98. The number of anilines is 1. The van der Waals surface area contributed by atoms with Gasteiger partial charge in [0.1, 0.15) is 0 Å². The van der Waals surface area contributed by atoms with E-state index in [-0.39, 0.29) is 11.8 Å². The summed E-state index contributed by atoms with van der Waals surface area (Å²) in [6.07, 6.45) is 5.04. The molecule has 112 valence electrons. The van der Waals surface area contributed by atoms with Crippen LogP contribution in [-0.4, -0.2) is 22.8 Å². The molecule has 0 bridgehead atoms. The monoisotopic (exact) mass is 295 g/mol. The van der Waals surface area contributed by atoms with Gasteiger partial charge in [-0.25, -0.2) is 4.90 Å². The summed E-state index contributed by atoms with van der Waals surface area (Å²) >= 11 is 0. The van der Waals surface area contributed by atoms with Crippen molar-refractivity contribution in [1.82, 2.24) is 4.98 Å². The quantitative estimate of drug-likeness (QED) is 0.874. The summed E-state index contributed by atoms with van der Waals surface area (Å²) < 4.78 is 0. The lowest BCUT2D eigenvalue weighted by atomic mass is 10.0. The first-order valence-electron chi connectivity index (χ1n) is 7.25. The Morgan fingerprint density at radius 2 is 1.68 bits per heavy atom. The van der Waals surface area contributed by atoms with Gasteiger partial charge in [0.15, 0.2) is 0 Å². The van der Waals surface area contributed by atoms with Crippen LogP contribution in [0.15, 0.2) is 48.8 Å². The van der Waals surface area contributed by atoms with Crippen LogP contribution in [0.3, 0.4) is 0 Å². The molecule has 5 nitrogen and oxygen atoms in total. The van der Waals surface area contributed by atoms with Crippen molar-refractivity contribution in [2.24, 2.45) is 5.73 Å². The first kappa shape index (κ1) is 14.4. The average molecular weight is 295 g/mol. The van der Waals surface area contributed by atoms with Crippen molar-refractivity contribution >= 4 is 17.5 Å². The maximum absolute atomic E-state index is 12.1. The predicted molar refractivity (Wildman–Crippen MR) is 83.2 cm³/mol. The maximum Gasteiger partial charge on any atom is 0.250 e. The van der Waals surface area contributed by atoms with Crippen molar-refractivity contribution in [3.63, 3.8) is 0 Å². The standard InChI is InChI=1S/C17H17N3O2/c18-15-5-6-16(21)20(17(15)22)14-3-1-12(2-4-14)11-13-7-9-19-10-8-13/h1-4,7-10,15H,5-6,11,18H2/t15-/m0/s1. The maximum atomic E-state index is 12.1. The van der Waals surface area contributed by atoms with Gasteiger partial charge in [-0.05, 0) is 48.2 Å². The lowest BCUT2D eigenvalue weighted by molar-refractivity contribution is -0.130. The van der Waals surface area contributed by atoms with E-state index >= 15 is 0 Å². The second-order valence-corrected chi connectivity index (χ2v) is 5.41. The molecule has 0 saturated carbocycles. The number of rotatable bonds is 3. The van der Waals surface area contributed by atoms with Gasteiger partial charge in [0.05, 0.1) is 11.7 Å². The molecule has 1 atom stereocenters. The molecule has 0 spiro atoms. The molecule has 2 heterocycles. The number of hydrogen-bond acceptors (Lipinski definition) is 4. The molecular formula is C17H17N3O2. The van der Waals surface area contributed by atoms with Gasteiger partial charge < -0.3 is 5.73 Å². The Morgan fingerprint density at radius 3 is 2.36 bits per heavy atom. The Bertz CT molecular complexity index is 683. The van der Waals surface area contributed by atoms with Crippen LogP contribution in [0.5, 0.6) is 0 Å². The highest BCUT2D eigenvalue weighted by Gasteiger charge is 2.32. The molecule has 0 unspecified atom stereocenters. The summed E-state index contributed by atoms with van der Waals surface area (Å²) in [7, 11) is 0. The molecule has 1 fully saturated rings. The van der Waals surface area contributed by atoms with Crippen molar-refractivity contribution in [3.8, 4) is 0 Å². The summed E-state index contributed by atoms with van der Waals surface area (Å²) in [4.78, 5) is 29.2. The van der Waals surface area contributed by atoms with Gasteiger partial charge in [0.2, 0.25) is 5.91 Å². The van der Waals surface area contributed by atoms with Crippen LogP contribution in [0.25, 0.3) is 0 Å². The molecule has 2 aromatic rings. The fourth-order valence-corrected chi connectivity index (χ4v) is 2.57.